The van der Waals surface area contributed by atoms with Gasteiger partial charge in [0.05, 0.1) is 5.69 Å². The molecule has 18 heavy (non-hydrogen) atoms. The van der Waals surface area contributed by atoms with Crippen molar-refractivity contribution in [1.29, 1.82) is 0 Å². The normalized spacial score (nSPS) is 11.0. The molecular formula is C13H14N4S. The number of nitrogens with zero attached hydrogens (tertiary/aromatic N) is 3. The van der Waals surface area contributed by atoms with Crippen LogP contribution in [0.25, 0.3) is 16.9 Å². The summed E-state index contributed by atoms with van der Waals surface area (Å²) in [4.78, 5) is 6.63. The third-order valence-corrected chi connectivity index (χ3v) is 3.63. The van der Waals surface area contributed by atoms with Gasteiger partial charge < -0.3 is 10.6 Å². The topological polar surface area (TPSA) is 46.6 Å². The number of fused-ring (bicyclic) bond motifs is 1. The van der Waals surface area contributed by atoms with Crippen molar-refractivity contribution in [2.45, 2.75) is 0 Å². The summed E-state index contributed by atoms with van der Waals surface area (Å²) >= 11 is 1.65. The molecule has 0 aromatic carbocycles. The van der Waals surface area contributed by atoms with Crippen LogP contribution in [0, 0.1) is 0 Å². The molecule has 0 unspecified atom stereocenters. The molecule has 0 aliphatic carbocycles. The van der Waals surface area contributed by atoms with Gasteiger partial charge in [-0.25, -0.2) is 4.98 Å². The number of thiophene rings is 1. The van der Waals surface area contributed by atoms with Gasteiger partial charge in [-0.1, -0.05) is 0 Å². The molecule has 2 N–H and O–H groups in total. The van der Waals surface area contributed by atoms with Gasteiger partial charge in [0.25, 0.3) is 0 Å². The first-order chi connectivity index (χ1) is 8.66. The molecule has 0 atom stereocenters. The Balaban J connectivity index is 2.22. The summed E-state index contributed by atoms with van der Waals surface area (Å²) in [5.74, 6) is 0.687. The van der Waals surface area contributed by atoms with Crippen LogP contribution in [0.4, 0.5) is 11.5 Å². The van der Waals surface area contributed by atoms with E-state index in [1.54, 1.807) is 11.3 Å². The zero-order valence-electron chi connectivity index (χ0n) is 10.3. The summed E-state index contributed by atoms with van der Waals surface area (Å²) in [6, 6.07) is 6.07. The Kier molecular flexibility index (Phi) is 2.48. The molecule has 3 heterocycles. The Bertz CT molecular complexity index is 682. The summed E-state index contributed by atoms with van der Waals surface area (Å²) in [6.07, 6.45) is 2.01. The van der Waals surface area contributed by atoms with Crippen molar-refractivity contribution >= 4 is 28.5 Å². The molecule has 0 bridgehead atoms. The van der Waals surface area contributed by atoms with Crippen molar-refractivity contribution in [1.82, 2.24) is 9.38 Å². The van der Waals surface area contributed by atoms with Crippen LogP contribution < -0.4 is 10.6 Å². The maximum Gasteiger partial charge on any atom is 0.139 e. The second-order valence-electron chi connectivity index (χ2n) is 4.37. The molecule has 0 amide bonds. The van der Waals surface area contributed by atoms with Crippen LogP contribution in [0.2, 0.25) is 0 Å². The van der Waals surface area contributed by atoms with Crippen LogP contribution in [0.5, 0.6) is 0 Å². The van der Waals surface area contributed by atoms with Crippen LogP contribution in [-0.2, 0) is 0 Å². The fraction of sp³-hybridized carbons (Fsp3) is 0.154. The number of hydrogen-bond acceptors (Lipinski definition) is 4. The molecular weight excluding hydrogens is 244 g/mol. The molecule has 92 valence electrons. The van der Waals surface area contributed by atoms with Gasteiger partial charge in [-0.3, -0.25) is 4.40 Å². The number of aromatic nitrogens is 2. The van der Waals surface area contributed by atoms with Crippen LogP contribution in [0.1, 0.15) is 0 Å². The second-order valence-corrected chi connectivity index (χ2v) is 5.15. The second kappa shape index (κ2) is 4.03. The highest BCUT2D eigenvalue weighted by molar-refractivity contribution is 7.08. The number of hydrogen-bond donors (Lipinski definition) is 1. The third-order valence-electron chi connectivity index (χ3n) is 2.95. The van der Waals surface area contributed by atoms with Gasteiger partial charge in [0.1, 0.15) is 17.2 Å². The predicted octanol–water partition coefficient (Wildman–Crippen LogP) is 2.71. The van der Waals surface area contributed by atoms with E-state index in [4.69, 9.17) is 5.73 Å². The number of rotatable bonds is 2. The van der Waals surface area contributed by atoms with E-state index < -0.39 is 0 Å². The van der Waals surface area contributed by atoms with E-state index in [0.717, 1.165) is 22.6 Å². The monoisotopic (exact) mass is 258 g/mol. The SMILES string of the molecule is CN(C)c1ccc2nc(-c3ccsc3)c(N)n2c1. The highest BCUT2D eigenvalue weighted by Crippen LogP contribution is 2.29. The number of pyridine rings is 1. The average Bonchev–Trinajstić information content (AvgIpc) is 2.97. The van der Waals surface area contributed by atoms with Crippen molar-refractivity contribution in [3.05, 3.63) is 35.2 Å². The summed E-state index contributed by atoms with van der Waals surface area (Å²) < 4.78 is 1.93. The maximum atomic E-state index is 6.19. The van der Waals surface area contributed by atoms with Crippen LogP contribution in [0.3, 0.4) is 0 Å². The minimum absolute atomic E-state index is 0.687. The van der Waals surface area contributed by atoms with E-state index in [0.29, 0.717) is 5.82 Å². The van der Waals surface area contributed by atoms with Crippen molar-refractivity contribution in [2.24, 2.45) is 0 Å². The Morgan fingerprint density at radius 3 is 2.78 bits per heavy atom. The highest BCUT2D eigenvalue weighted by atomic mass is 32.1. The molecule has 0 aliphatic heterocycles. The van der Waals surface area contributed by atoms with E-state index in [1.807, 2.05) is 53.2 Å². The lowest BCUT2D eigenvalue weighted by Gasteiger charge is -2.12. The quantitative estimate of drug-likeness (QED) is 0.768. The average molecular weight is 258 g/mol. The molecule has 0 saturated carbocycles. The van der Waals surface area contributed by atoms with Crippen molar-refractivity contribution < 1.29 is 0 Å². The lowest BCUT2D eigenvalue weighted by atomic mass is 10.2. The fourth-order valence-corrected chi connectivity index (χ4v) is 2.57. The molecule has 5 heteroatoms. The van der Waals surface area contributed by atoms with E-state index in [9.17, 15) is 0 Å². The molecule has 4 nitrogen and oxygen atoms in total. The zero-order valence-corrected chi connectivity index (χ0v) is 11.1. The van der Waals surface area contributed by atoms with E-state index >= 15 is 0 Å². The Labute approximate surface area is 109 Å². The van der Waals surface area contributed by atoms with Gasteiger partial charge in [0.15, 0.2) is 0 Å². The van der Waals surface area contributed by atoms with Crippen molar-refractivity contribution in [3.63, 3.8) is 0 Å². The molecule has 0 aliphatic rings. The van der Waals surface area contributed by atoms with Gasteiger partial charge in [0.2, 0.25) is 0 Å². The van der Waals surface area contributed by atoms with Crippen molar-refractivity contribution in [3.8, 4) is 11.3 Å². The van der Waals surface area contributed by atoms with Crippen LogP contribution in [0.15, 0.2) is 35.2 Å². The molecule has 0 radical (unpaired) electrons. The summed E-state index contributed by atoms with van der Waals surface area (Å²) in [5, 5.41) is 4.09. The number of nitrogens with two attached hydrogens (primary N) is 1. The standard InChI is InChI=1S/C13H14N4S/c1-16(2)10-3-4-11-15-12(9-5-6-18-8-9)13(14)17(11)7-10/h3-8H,14H2,1-2H3. The lowest BCUT2D eigenvalue weighted by Crippen LogP contribution is -2.09. The summed E-state index contributed by atoms with van der Waals surface area (Å²) in [7, 11) is 4.02. The molecule has 0 spiro atoms. The maximum absolute atomic E-state index is 6.19. The van der Waals surface area contributed by atoms with E-state index in [2.05, 4.69) is 10.4 Å². The molecule has 3 aromatic rings. The van der Waals surface area contributed by atoms with E-state index in [-0.39, 0.29) is 0 Å². The minimum Gasteiger partial charge on any atom is -0.383 e. The molecule has 0 saturated heterocycles. The van der Waals surface area contributed by atoms with Gasteiger partial charge in [-0.05, 0) is 23.6 Å². The zero-order chi connectivity index (χ0) is 12.7. The minimum atomic E-state index is 0.687. The lowest BCUT2D eigenvalue weighted by molar-refractivity contribution is 1.09. The first kappa shape index (κ1) is 11.1. The van der Waals surface area contributed by atoms with Gasteiger partial charge in [-0.15, -0.1) is 0 Å². The fourth-order valence-electron chi connectivity index (χ4n) is 1.93. The smallest absolute Gasteiger partial charge is 0.139 e. The summed E-state index contributed by atoms with van der Waals surface area (Å²) in [6.45, 7) is 0. The number of nitrogen functional groups attached to an aromatic ring is 1. The highest BCUT2D eigenvalue weighted by Gasteiger charge is 2.12. The first-order valence-corrected chi connectivity index (χ1v) is 6.58. The third kappa shape index (κ3) is 1.64. The van der Waals surface area contributed by atoms with Gasteiger partial charge >= 0.3 is 0 Å². The van der Waals surface area contributed by atoms with Gasteiger partial charge in [-0.2, -0.15) is 11.3 Å². The number of anilines is 2. The Morgan fingerprint density at radius 2 is 2.11 bits per heavy atom. The molecule has 3 aromatic heterocycles. The molecule has 0 fully saturated rings. The molecule has 3 rings (SSSR count). The number of imidazole rings is 1. The summed E-state index contributed by atoms with van der Waals surface area (Å²) in [5.41, 5.74) is 10.1. The van der Waals surface area contributed by atoms with Crippen LogP contribution >= 0.6 is 11.3 Å². The van der Waals surface area contributed by atoms with Gasteiger partial charge in [0, 0.05) is 31.2 Å². The largest absolute Gasteiger partial charge is 0.383 e. The first-order valence-electron chi connectivity index (χ1n) is 5.64. The Hall–Kier alpha value is -2.01. The Morgan fingerprint density at radius 1 is 1.28 bits per heavy atom. The van der Waals surface area contributed by atoms with Crippen LogP contribution in [-0.4, -0.2) is 23.5 Å². The predicted molar refractivity (Wildman–Crippen MR) is 77.2 cm³/mol. The van der Waals surface area contributed by atoms with E-state index in [1.165, 1.54) is 0 Å². The van der Waals surface area contributed by atoms with Crippen molar-refractivity contribution in [2.75, 3.05) is 24.7 Å².